The number of carbonyl (C=O) groups is 2. The Morgan fingerprint density at radius 2 is 1.87 bits per heavy atom. The molecule has 0 radical (unpaired) electrons. The molecule has 9 nitrogen and oxygen atoms in total. The number of aromatic nitrogens is 1. The Morgan fingerprint density at radius 3 is 2.61 bits per heavy atom. The predicted octanol–water partition coefficient (Wildman–Crippen LogP) is 5.18. The summed E-state index contributed by atoms with van der Waals surface area (Å²) in [7, 11) is 0. The molecule has 9 heteroatoms. The monoisotopic (exact) mass is 518 g/mol. The van der Waals surface area contributed by atoms with Gasteiger partial charge in [0.25, 0.3) is 0 Å². The van der Waals surface area contributed by atoms with Gasteiger partial charge in [0.05, 0.1) is 12.0 Å². The number of ether oxygens (including phenoxy) is 2. The zero-order valence-electron chi connectivity index (χ0n) is 22.5. The summed E-state index contributed by atoms with van der Waals surface area (Å²) in [6.45, 7) is 10.6. The minimum absolute atomic E-state index is 0.187. The van der Waals surface area contributed by atoms with E-state index in [0.717, 1.165) is 45.1 Å². The number of fused-ring (bicyclic) bond motifs is 4. The minimum Gasteiger partial charge on any atom is -0.464 e. The van der Waals surface area contributed by atoms with Gasteiger partial charge in [0.1, 0.15) is 23.4 Å². The van der Waals surface area contributed by atoms with E-state index in [1.54, 1.807) is 20.8 Å². The molecule has 2 aromatic carbocycles. The van der Waals surface area contributed by atoms with Crippen LogP contribution in [0.15, 0.2) is 51.9 Å². The second-order valence-electron chi connectivity index (χ2n) is 9.98. The summed E-state index contributed by atoms with van der Waals surface area (Å²) in [5.41, 5.74) is 3.79. The first kappa shape index (κ1) is 26.9. The van der Waals surface area contributed by atoms with Gasteiger partial charge in [-0.05, 0) is 46.2 Å². The second-order valence-corrected chi connectivity index (χ2v) is 9.98. The number of hydrogen-bond acceptors (Lipinski definition) is 8. The maximum atomic E-state index is 11.9. The molecule has 200 valence electrons. The average Bonchev–Trinajstić information content (AvgIpc) is 2.86. The van der Waals surface area contributed by atoms with E-state index in [1.807, 2.05) is 42.5 Å². The number of hydrogen-bond donors (Lipinski definition) is 2. The summed E-state index contributed by atoms with van der Waals surface area (Å²) in [6.07, 6.45) is -0.128. The van der Waals surface area contributed by atoms with Gasteiger partial charge in [-0.1, -0.05) is 24.3 Å². The van der Waals surface area contributed by atoms with Crippen LogP contribution in [0.25, 0.3) is 33.3 Å². The van der Waals surface area contributed by atoms with E-state index >= 15 is 0 Å². The zero-order valence-corrected chi connectivity index (χ0v) is 22.5. The van der Waals surface area contributed by atoms with Crippen molar-refractivity contribution in [1.82, 2.24) is 10.3 Å². The normalized spacial score (nSPS) is 12.2. The summed E-state index contributed by atoms with van der Waals surface area (Å²) in [5, 5.41) is 8.47. The van der Waals surface area contributed by atoms with Gasteiger partial charge in [-0.25, -0.2) is 9.78 Å². The molecular formula is C29H34N4O5. The zero-order chi connectivity index (χ0) is 27.3. The molecule has 2 N–H and O–H groups in total. The third-order valence-electron chi connectivity index (χ3n) is 5.71. The largest absolute Gasteiger partial charge is 0.464 e. The molecule has 0 atom stereocenters. The fraction of sp³-hybridized carbons (Fsp3) is 0.379. The number of amides is 1. The fourth-order valence-corrected chi connectivity index (χ4v) is 4.06. The van der Waals surface area contributed by atoms with Crippen LogP contribution in [0.3, 0.4) is 0 Å². The number of nitrogens with zero attached hydrogens (tertiary/aromatic N) is 2. The maximum Gasteiger partial charge on any atom is 0.408 e. The SMILES string of the molecule is CCNc1cc2oc3cc(=NCCCOC(=O)CNC(=O)OC(C)(C)C)c4ccccc4c-3nc2cc1C. The number of alkyl carbamates (subject to hydrolysis) is 1. The molecule has 1 amide bonds. The number of rotatable bonds is 8. The van der Waals surface area contributed by atoms with Gasteiger partial charge in [0.2, 0.25) is 0 Å². The van der Waals surface area contributed by atoms with Crippen LogP contribution in [-0.4, -0.2) is 48.9 Å². The van der Waals surface area contributed by atoms with Gasteiger partial charge >= 0.3 is 12.1 Å². The van der Waals surface area contributed by atoms with Crippen LogP contribution in [0.4, 0.5) is 10.5 Å². The molecule has 0 bridgehead atoms. The van der Waals surface area contributed by atoms with Crippen LogP contribution in [0.5, 0.6) is 0 Å². The standard InChI is InChI=1S/C29H34N4O5/c1-6-30-21-15-24-23(14-18(21)2)33-27-20-11-8-7-10-19(20)22(16-25(27)37-24)31-12-9-13-36-26(34)17-32-28(35)38-29(3,4)5/h7-8,10-11,14-16,30H,6,9,12-13,17H2,1-5H3,(H,32,35). The lowest BCUT2D eigenvalue weighted by molar-refractivity contribution is -0.142. The van der Waals surface area contributed by atoms with Crippen molar-refractivity contribution in [2.75, 3.05) is 31.6 Å². The Balaban J connectivity index is 1.48. The maximum absolute atomic E-state index is 11.9. The summed E-state index contributed by atoms with van der Waals surface area (Å²) in [5.74, 6) is 0.122. The molecule has 0 fully saturated rings. The molecule has 1 aliphatic heterocycles. The highest BCUT2D eigenvalue weighted by Crippen LogP contribution is 2.32. The molecule has 1 heterocycles. The molecule has 0 saturated heterocycles. The summed E-state index contributed by atoms with van der Waals surface area (Å²) in [4.78, 5) is 33.3. The Bertz CT molecular complexity index is 1500. The number of carbonyl (C=O) groups excluding carboxylic acids is 2. The number of nitrogens with one attached hydrogen (secondary N) is 2. The number of anilines is 1. The van der Waals surface area contributed by atoms with Crippen molar-refractivity contribution in [2.45, 2.75) is 46.6 Å². The van der Waals surface area contributed by atoms with Crippen LogP contribution in [-0.2, 0) is 14.3 Å². The topological polar surface area (TPSA) is 115 Å². The Labute approximate surface area is 221 Å². The van der Waals surface area contributed by atoms with Crippen molar-refractivity contribution >= 4 is 39.6 Å². The van der Waals surface area contributed by atoms with Crippen LogP contribution in [0, 0.1) is 6.92 Å². The Kier molecular flexibility index (Phi) is 8.14. The van der Waals surface area contributed by atoms with Gasteiger partial charge in [-0.2, -0.15) is 0 Å². The van der Waals surface area contributed by atoms with E-state index in [0.29, 0.717) is 24.3 Å². The number of esters is 1. The van der Waals surface area contributed by atoms with Gasteiger partial charge in [-0.15, -0.1) is 0 Å². The van der Waals surface area contributed by atoms with E-state index < -0.39 is 17.7 Å². The van der Waals surface area contributed by atoms with Gasteiger partial charge in [0, 0.05) is 48.1 Å². The Hall–Kier alpha value is -4.14. The number of aryl methyl sites for hydroxylation is 1. The molecule has 38 heavy (non-hydrogen) atoms. The van der Waals surface area contributed by atoms with Crippen molar-refractivity contribution in [3.05, 3.63) is 53.4 Å². The summed E-state index contributed by atoms with van der Waals surface area (Å²) < 4.78 is 16.6. The third kappa shape index (κ3) is 6.59. The second kappa shape index (κ2) is 11.5. The lowest BCUT2D eigenvalue weighted by Crippen LogP contribution is -2.36. The van der Waals surface area contributed by atoms with Crippen molar-refractivity contribution in [2.24, 2.45) is 4.99 Å². The summed E-state index contributed by atoms with van der Waals surface area (Å²) >= 11 is 0. The molecular weight excluding hydrogens is 484 g/mol. The van der Waals surface area contributed by atoms with Crippen LogP contribution in [0.2, 0.25) is 0 Å². The van der Waals surface area contributed by atoms with Gasteiger partial charge in [0.15, 0.2) is 11.3 Å². The molecule has 4 rings (SSSR count). The Morgan fingerprint density at radius 1 is 1.11 bits per heavy atom. The van der Waals surface area contributed by atoms with E-state index in [-0.39, 0.29) is 13.2 Å². The number of benzene rings is 3. The highest BCUT2D eigenvalue weighted by molar-refractivity contribution is 5.96. The van der Waals surface area contributed by atoms with E-state index in [9.17, 15) is 9.59 Å². The first-order valence-electron chi connectivity index (χ1n) is 12.8. The average molecular weight is 519 g/mol. The van der Waals surface area contributed by atoms with Crippen molar-refractivity contribution in [1.29, 1.82) is 0 Å². The molecule has 0 spiro atoms. The molecule has 0 unspecified atom stereocenters. The van der Waals surface area contributed by atoms with E-state index in [4.69, 9.17) is 23.9 Å². The third-order valence-corrected chi connectivity index (χ3v) is 5.71. The van der Waals surface area contributed by atoms with Gasteiger partial charge < -0.3 is 24.5 Å². The van der Waals surface area contributed by atoms with Crippen molar-refractivity contribution in [3.63, 3.8) is 0 Å². The molecule has 0 aromatic heterocycles. The molecule has 0 saturated carbocycles. The fourth-order valence-electron chi connectivity index (χ4n) is 4.06. The van der Waals surface area contributed by atoms with Crippen LogP contribution >= 0.6 is 0 Å². The lowest BCUT2D eigenvalue weighted by Gasteiger charge is -2.19. The molecule has 2 aliphatic rings. The highest BCUT2D eigenvalue weighted by atomic mass is 16.6. The molecule has 1 aliphatic carbocycles. The van der Waals surface area contributed by atoms with Crippen molar-refractivity contribution < 1.29 is 23.5 Å². The summed E-state index contributed by atoms with van der Waals surface area (Å²) in [6, 6.07) is 13.9. The smallest absolute Gasteiger partial charge is 0.408 e. The van der Waals surface area contributed by atoms with Crippen LogP contribution in [0.1, 0.15) is 39.7 Å². The van der Waals surface area contributed by atoms with Crippen molar-refractivity contribution in [3.8, 4) is 11.5 Å². The van der Waals surface area contributed by atoms with Gasteiger partial charge in [-0.3, -0.25) is 9.79 Å². The first-order chi connectivity index (χ1) is 18.1. The van der Waals surface area contributed by atoms with Crippen LogP contribution < -0.4 is 16.0 Å². The van der Waals surface area contributed by atoms with E-state index in [1.165, 1.54) is 0 Å². The minimum atomic E-state index is -0.659. The molecule has 2 aromatic rings. The first-order valence-corrected chi connectivity index (χ1v) is 12.8. The lowest BCUT2D eigenvalue weighted by atomic mass is 10.0. The quantitative estimate of drug-likeness (QED) is 0.143. The highest BCUT2D eigenvalue weighted by Gasteiger charge is 2.17. The van der Waals surface area contributed by atoms with E-state index in [2.05, 4.69) is 24.5 Å². The predicted molar refractivity (Wildman–Crippen MR) is 147 cm³/mol.